The van der Waals surface area contributed by atoms with Crippen LogP contribution in [0.5, 0.6) is 0 Å². The monoisotopic (exact) mass is 398 g/mol. The van der Waals surface area contributed by atoms with Gasteiger partial charge in [-0.2, -0.15) is 0 Å². The fraction of sp³-hybridized carbons (Fsp3) is 0.273. The Morgan fingerprint density at radius 1 is 1.04 bits per heavy atom. The summed E-state index contributed by atoms with van der Waals surface area (Å²) in [5, 5.41) is 3.61. The number of carbonyl (C=O) groups excluding carboxylic acids is 2. The maximum Gasteiger partial charge on any atom is 0.410 e. The molecule has 0 radical (unpaired) electrons. The van der Waals surface area contributed by atoms with Gasteiger partial charge in [-0.3, -0.25) is 4.79 Å². The van der Waals surface area contributed by atoms with Crippen molar-refractivity contribution >= 4 is 23.6 Å². The first-order valence-electron chi connectivity index (χ1n) is 9.27. The third kappa shape index (κ3) is 5.86. The van der Waals surface area contributed by atoms with Crippen LogP contribution in [0.4, 0.5) is 4.79 Å². The molecule has 1 atom stereocenters. The van der Waals surface area contributed by atoms with Crippen LogP contribution in [-0.4, -0.2) is 30.1 Å². The van der Waals surface area contributed by atoms with Gasteiger partial charge in [-0.1, -0.05) is 66.2 Å². The number of ether oxygens (including phenoxy) is 1. The van der Waals surface area contributed by atoms with Crippen LogP contribution in [0.3, 0.4) is 0 Å². The number of benzene rings is 2. The van der Waals surface area contributed by atoms with Crippen LogP contribution in [-0.2, 0) is 16.1 Å². The van der Waals surface area contributed by atoms with Crippen LogP contribution in [0.2, 0.25) is 5.02 Å². The van der Waals surface area contributed by atoms with Crippen molar-refractivity contribution in [1.82, 2.24) is 10.2 Å². The first-order chi connectivity index (χ1) is 13.6. The average molecular weight is 399 g/mol. The Morgan fingerprint density at radius 2 is 1.79 bits per heavy atom. The van der Waals surface area contributed by atoms with E-state index in [2.05, 4.69) is 5.32 Å². The van der Waals surface area contributed by atoms with E-state index in [0.29, 0.717) is 31.0 Å². The fourth-order valence-corrected chi connectivity index (χ4v) is 3.09. The number of nitrogens with zero attached hydrogens (tertiary/aromatic N) is 1. The van der Waals surface area contributed by atoms with Crippen molar-refractivity contribution in [3.05, 3.63) is 82.9 Å². The zero-order valence-electron chi connectivity index (χ0n) is 15.5. The van der Waals surface area contributed by atoms with Gasteiger partial charge in [0, 0.05) is 24.5 Å². The van der Waals surface area contributed by atoms with Gasteiger partial charge in [0.25, 0.3) is 0 Å². The largest absolute Gasteiger partial charge is 0.447 e. The normalized spacial score (nSPS) is 18.6. The molecular formula is C22H23ClN2O3. The van der Waals surface area contributed by atoms with Gasteiger partial charge in [-0.05, 0) is 29.7 Å². The molecule has 28 heavy (non-hydrogen) atoms. The second-order valence-corrected chi connectivity index (χ2v) is 7.06. The average Bonchev–Trinajstić information content (AvgIpc) is 2.71. The van der Waals surface area contributed by atoms with Gasteiger partial charge in [-0.25, -0.2) is 4.79 Å². The lowest BCUT2D eigenvalue weighted by Gasteiger charge is -2.24. The number of cyclic esters (lactones) is 1. The molecule has 1 aliphatic rings. The van der Waals surface area contributed by atoms with Gasteiger partial charge in [0.05, 0.1) is 6.04 Å². The Bertz CT molecular complexity index is 821. The van der Waals surface area contributed by atoms with Crippen molar-refractivity contribution in [2.45, 2.75) is 25.4 Å². The first kappa shape index (κ1) is 20.0. The smallest absolute Gasteiger partial charge is 0.410 e. The standard InChI is InChI=1S/C22H23ClN2O3/c23-19-12-10-17(11-13-19)15-25-14-6-2-5-9-21(26)24-20(16-28-22(25)27)18-7-3-1-4-8-18/h1-4,6-8,10-13,20H,5,9,14-16H2,(H,24,26). The van der Waals surface area contributed by atoms with E-state index in [-0.39, 0.29) is 18.6 Å². The van der Waals surface area contributed by atoms with Gasteiger partial charge in [0.15, 0.2) is 0 Å². The summed E-state index contributed by atoms with van der Waals surface area (Å²) in [4.78, 5) is 26.5. The molecule has 5 nitrogen and oxygen atoms in total. The predicted octanol–water partition coefficient (Wildman–Crippen LogP) is 4.49. The Hall–Kier alpha value is -2.79. The summed E-state index contributed by atoms with van der Waals surface area (Å²) in [6, 6.07) is 16.5. The minimum absolute atomic E-state index is 0.0619. The van der Waals surface area contributed by atoms with Crippen molar-refractivity contribution in [1.29, 1.82) is 0 Å². The number of allylic oxidation sites excluding steroid dienone is 1. The lowest BCUT2D eigenvalue weighted by atomic mass is 10.1. The highest BCUT2D eigenvalue weighted by molar-refractivity contribution is 6.30. The molecule has 2 aromatic carbocycles. The maximum absolute atomic E-state index is 12.7. The Morgan fingerprint density at radius 3 is 2.54 bits per heavy atom. The lowest BCUT2D eigenvalue weighted by molar-refractivity contribution is -0.122. The predicted molar refractivity (Wildman–Crippen MR) is 109 cm³/mol. The van der Waals surface area contributed by atoms with Gasteiger partial charge in [0.2, 0.25) is 5.91 Å². The minimum Gasteiger partial charge on any atom is -0.447 e. The Kier molecular flexibility index (Phi) is 7.09. The highest BCUT2D eigenvalue weighted by Gasteiger charge is 2.20. The van der Waals surface area contributed by atoms with Crippen LogP contribution in [0, 0.1) is 0 Å². The van der Waals surface area contributed by atoms with Crippen molar-refractivity contribution in [2.24, 2.45) is 0 Å². The molecule has 0 spiro atoms. The van der Waals surface area contributed by atoms with Gasteiger partial charge in [-0.15, -0.1) is 0 Å². The summed E-state index contributed by atoms with van der Waals surface area (Å²) in [5.41, 5.74) is 1.87. The molecule has 3 rings (SSSR count). The first-order valence-corrected chi connectivity index (χ1v) is 9.65. The molecule has 2 aromatic rings. The summed E-state index contributed by atoms with van der Waals surface area (Å²) < 4.78 is 5.55. The third-order valence-corrected chi connectivity index (χ3v) is 4.74. The second kappa shape index (κ2) is 9.95. The highest BCUT2D eigenvalue weighted by atomic mass is 35.5. The number of halogens is 1. The Balaban J connectivity index is 1.75. The van der Waals surface area contributed by atoms with Gasteiger partial charge >= 0.3 is 6.09 Å². The van der Waals surface area contributed by atoms with Gasteiger partial charge < -0.3 is 15.0 Å². The van der Waals surface area contributed by atoms with Crippen molar-refractivity contribution in [2.75, 3.05) is 13.2 Å². The topological polar surface area (TPSA) is 58.6 Å². The van der Waals surface area contributed by atoms with E-state index in [1.807, 2.05) is 54.6 Å². The van der Waals surface area contributed by atoms with Crippen LogP contribution in [0.15, 0.2) is 66.7 Å². The second-order valence-electron chi connectivity index (χ2n) is 6.62. The summed E-state index contributed by atoms with van der Waals surface area (Å²) in [7, 11) is 0. The molecule has 1 heterocycles. The maximum atomic E-state index is 12.7. The highest BCUT2D eigenvalue weighted by Crippen LogP contribution is 2.16. The molecule has 0 saturated carbocycles. The van der Waals surface area contributed by atoms with E-state index < -0.39 is 6.09 Å². The molecule has 0 bridgehead atoms. The zero-order valence-corrected chi connectivity index (χ0v) is 16.3. The molecule has 1 aliphatic heterocycles. The third-order valence-electron chi connectivity index (χ3n) is 4.49. The number of hydrogen-bond acceptors (Lipinski definition) is 3. The molecule has 2 amide bonds. The van der Waals surface area contributed by atoms with Crippen LogP contribution >= 0.6 is 11.6 Å². The molecule has 6 heteroatoms. The molecule has 1 unspecified atom stereocenters. The SMILES string of the molecule is O=C1CCC=CCN(Cc2ccc(Cl)cc2)C(=O)OCC(c2ccccc2)N1. The van der Waals surface area contributed by atoms with Crippen molar-refractivity contribution < 1.29 is 14.3 Å². The minimum atomic E-state index is -0.421. The number of carbonyl (C=O) groups is 2. The van der Waals surface area contributed by atoms with Crippen molar-refractivity contribution in [3.63, 3.8) is 0 Å². The number of hydrogen-bond donors (Lipinski definition) is 1. The van der Waals surface area contributed by atoms with E-state index in [9.17, 15) is 9.59 Å². The summed E-state index contributed by atoms with van der Waals surface area (Å²) in [6.45, 7) is 0.914. The van der Waals surface area contributed by atoms with Crippen LogP contribution in [0.1, 0.15) is 30.0 Å². The molecule has 0 aromatic heterocycles. The van der Waals surface area contributed by atoms with Crippen LogP contribution < -0.4 is 5.32 Å². The number of nitrogens with one attached hydrogen (secondary N) is 1. The summed E-state index contributed by atoms with van der Waals surface area (Å²) >= 11 is 5.94. The molecule has 0 saturated heterocycles. The van der Waals surface area contributed by atoms with Crippen LogP contribution in [0.25, 0.3) is 0 Å². The van der Waals surface area contributed by atoms with Crippen molar-refractivity contribution in [3.8, 4) is 0 Å². The lowest BCUT2D eigenvalue weighted by Crippen LogP contribution is -2.36. The molecule has 0 aliphatic carbocycles. The van der Waals surface area contributed by atoms with Gasteiger partial charge in [0.1, 0.15) is 6.61 Å². The quantitative estimate of drug-likeness (QED) is 0.775. The molecule has 146 valence electrons. The number of amides is 2. The zero-order chi connectivity index (χ0) is 19.8. The molecular weight excluding hydrogens is 376 g/mol. The summed E-state index contributed by atoms with van der Waals surface area (Å²) in [6.07, 6.45) is 4.40. The molecule has 1 N–H and O–H groups in total. The van der Waals surface area contributed by atoms with E-state index in [1.54, 1.807) is 17.0 Å². The van der Waals surface area contributed by atoms with E-state index >= 15 is 0 Å². The Labute approximate surface area is 169 Å². The fourth-order valence-electron chi connectivity index (χ4n) is 2.97. The van der Waals surface area contributed by atoms with E-state index in [0.717, 1.165) is 11.1 Å². The summed E-state index contributed by atoms with van der Waals surface area (Å²) in [5.74, 6) is -0.0619. The number of rotatable bonds is 3. The molecule has 0 fully saturated rings. The van der Waals surface area contributed by atoms with E-state index in [1.165, 1.54) is 0 Å². The van der Waals surface area contributed by atoms with E-state index in [4.69, 9.17) is 16.3 Å².